The zero-order valence-electron chi connectivity index (χ0n) is 11.2. The first-order valence-electron chi connectivity index (χ1n) is 6.43. The number of fused-ring (bicyclic) bond motifs is 3. The molecule has 3 rings (SSSR count). The minimum Gasteiger partial charge on any atom is -0.251 e. The van der Waals surface area contributed by atoms with Crippen LogP contribution in [0, 0.1) is 6.92 Å². The molecule has 2 aromatic heterocycles. The van der Waals surface area contributed by atoms with Crippen molar-refractivity contribution < 1.29 is 0 Å². The average molecular weight is 271 g/mol. The summed E-state index contributed by atoms with van der Waals surface area (Å²) in [7, 11) is 0. The number of hydrogen-bond acceptors (Lipinski definition) is 2. The van der Waals surface area contributed by atoms with Crippen LogP contribution < -0.4 is 0 Å². The maximum atomic E-state index is 6.30. The van der Waals surface area contributed by atoms with Crippen LogP contribution in [0.3, 0.4) is 0 Å². The van der Waals surface area contributed by atoms with Crippen LogP contribution in [-0.2, 0) is 0 Å². The molecule has 0 aliphatic rings. The Bertz CT molecular complexity index is 778. The Balaban J connectivity index is 2.46. The molecule has 0 spiro atoms. The third kappa shape index (κ3) is 2.06. The van der Waals surface area contributed by atoms with Gasteiger partial charge in [0.15, 0.2) is 0 Å². The molecule has 0 unspecified atom stereocenters. The van der Waals surface area contributed by atoms with E-state index >= 15 is 0 Å². The largest absolute Gasteiger partial charge is 0.251 e. The molecule has 96 valence electrons. The molecule has 0 bridgehead atoms. The smallest absolute Gasteiger partial charge is 0.0982 e. The minimum absolute atomic E-state index is 0.403. The monoisotopic (exact) mass is 270 g/mol. The van der Waals surface area contributed by atoms with Crippen molar-refractivity contribution >= 4 is 33.4 Å². The Morgan fingerprint density at radius 2 is 1.74 bits per heavy atom. The Hall–Kier alpha value is -1.67. The summed E-state index contributed by atoms with van der Waals surface area (Å²) in [6, 6.07) is 10.1. The molecule has 0 N–H and O–H groups in total. The van der Waals surface area contributed by atoms with Crippen LogP contribution in [0.5, 0.6) is 0 Å². The van der Waals surface area contributed by atoms with E-state index in [1.54, 1.807) is 0 Å². The van der Waals surface area contributed by atoms with Crippen LogP contribution in [0.4, 0.5) is 0 Å². The second kappa shape index (κ2) is 4.46. The number of hydrogen-bond donors (Lipinski definition) is 0. The molecule has 0 fully saturated rings. The van der Waals surface area contributed by atoms with Gasteiger partial charge in [-0.05, 0) is 25.0 Å². The Morgan fingerprint density at radius 1 is 1.00 bits per heavy atom. The first-order valence-corrected chi connectivity index (χ1v) is 6.80. The van der Waals surface area contributed by atoms with Gasteiger partial charge in [0.05, 0.1) is 16.1 Å². The highest BCUT2D eigenvalue weighted by molar-refractivity contribution is 6.36. The molecular formula is C16H15ClN2. The van der Waals surface area contributed by atoms with Crippen molar-refractivity contribution in [2.75, 3.05) is 0 Å². The van der Waals surface area contributed by atoms with E-state index in [0.717, 1.165) is 38.2 Å². The second-order valence-electron chi connectivity index (χ2n) is 5.17. The van der Waals surface area contributed by atoms with Gasteiger partial charge < -0.3 is 0 Å². The van der Waals surface area contributed by atoms with Crippen LogP contribution >= 0.6 is 11.6 Å². The third-order valence-corrected chi connectivity index (χ3v) is 3.64. The van der Waals surface area contributed by atoms with Gasteiger partial charge in [0.2, 0.25) is 0 Å². The summed E-state index contributed by atoms with van der Waals surface area (Å²) in [6.45, 7) is 6.24. The van der Waals surface area contributed by atoms with E-state index < -0.39 is 0 Å². The van der Waals surface area contributed by atoms with Gasteiger partial charge in [0.25, 0.3) is 0 Å². The fourth-order valence-corrected chi connectivity index (χ4v) is 2.60. The summed E-state index contributed by atoms with van der Waals surface area (Å²) in [5, 5.41) is 2.81. The predicted octanol–water partition coefficient (Wildman–Crippen LogP) is 4.87. The fourth-order valence-electron chi connectivity index (χ4n) is 2.29. The van der Waals surface area contributed by atoms with Crippen LogP contribution in [-0.4, -0.2) is 9.97 Å². The van der Waals surface area contributed by atoms with Crippen LogP contribution in [0.25, 0.3) is 21.8 Å². The molecule has 0 saturated carbocycles. The number of nitrogens with zero attached hydrogens (tertiary/aromatic N) is 2. The molecule has 0 aliphatic carbocycles. The highest BCUT2D eigenvalue weighted by Gasteiger charge is 2.09. The fraction of sp³-hybridized carbons (Fsp3) is 0.250. The highest BCUT2D eigenvalue weighted by Crippen LogP contribution is 2.29. The maximum Gasteiger partial charge on any atom is 0.0982 e. The zero-order valence-corrected chi connectivity index (χ0v) is 12.0. The van der Waals surface area contributed by atoms with Crippen LogP contribution in [0.15, 0.2) is 30.3 Å². The quantitative estimate of drug-likeness (QED) is 0.590. The summed E-state index contributed by atoms with van der Waals surface area (Å²) in [5.74, 6) is 0.403. The van der Waals surface area contributed by atoms with Gasteiger partial charge in [-0.2, -0.15) is 0 Å². The van der Waals surface area contributed by atoms with Crippen molar-refractivity contribution in [1.82, 2.24) is 9.97 Å². The molecule has 0 radical (unpaired) electrons. The molecule has 0 atom stereocenters. The Labute approximate surface area is 117 Å². The summed E-state index contributed by atoms with van der Waals surface area (Å²) < 4.78 is 0. The molecule has 2 heterocycles. The normalized spacial score (nSPS) is 11.6. The highest BCUT2D eigenvalue weighted by atomic mass is 35.5. The Morgan fingerprint density at radius 3 is 2.47 bits per heavy atom. The average Bonchev–Trinajstić information content (AvgIpc) is 2.37. The van der Waals surface area contributed by atoms with Gasteiger partial charge >= 0.3 is 0 Å². The molecule has 3 heteroatoms. The van der Waals surface area contributed by atoms with E-state index in [1.807, 2.05) is 19.1 Å². The third-order valence-electron chi connectivity index (χ3n) is 3.33. The lowest BCUT2D eigenvalue weighted by Crippen LogP contribution is -1.95. The molecule has 1 aromatic carbocycles. The van der Waals surface area contributed by atoms with Crippen molar-refractivity contribution in [3.05, 3.63) is 46.7 Å². The van der Waals surface area contributed by atoms with Crippen molar-refractivity contribution in [2.45, 2.75) is 26.7 Å². The van der Waals surface area contributed by atoms with E-state index in [2.05, 4.69) is 37.0 Å². The topological polar surface area (TPSA) is 25.8 Å². The second-order valence-corrected chi connectivity index (χ2v) is 5.58. The van der Waals surface area contributed by atoms with Crippen molar-refractivity contribution in [2.24, 2.45) is 0 Å². The van der Waals surface area contributed by atoms with Crippen molar-refractivity contribution in [3.8, 4) is 0 Å². The summed E-state index contributed by atoms with van der Waals surface area (Å²) >= 11 is 6.30. The van der Waals surface area contributed by atoms with Gasteiger partial charge in [-0.1, -0.05) is 43.6 Å². The lowest BCUT2D eigenvalue weighted by molar-refractivity contribution is 0.830. The summed E-state index contributed by atoms with van der Waals surface area (Å²) in [5.41, 5.74) is 3.83. The van der Waals surface area contributed by atoms with Gasteiger partial charge in [-0.15, -0.1) is 0 Å². The lowest BCUT2D eigenvalue weighted by atomic mass is 10.1. The van der Waals surface area contributed by atoms with Crippen molar-refractivity contribution in [1.29, 1.82) is 0 Å². The van der Waals surface area contributed by atoms with Gasteiger partial charge in [0.1, 0.15) is 0 Å². The summed E-state index contributed by atoms with van der Waals surface area (Å²) in [4.78, 5) is 9.38. The number of pyridine rings is 2. The Kier molecular flexibility index (Phi) is 2.90. The first kappa shape index (κ1) is 12.4. The standard InChI is InChI=1S/C16H15ClN2/c1-9(2)14-7-5-11-4-6-12-13(17)8-10(3)18-16(12)15(11)19-14/h4-9H,1-3H3. The molecule has 0 saturated heterocycles. The van der Waals surface area contributed by atoms with Gasteiger partial charge in [0, 0.05) is 22.2 Å². The van der Waals surface area contributed by atoms with Gasteiger partial charge in [-0.3, -0.25) is 9.97 Å². The van der Waals surface area contributed by atoms with E-state index in [4.69, 9.17) is 16.6 Å². The number of rotatable bonds is 1. The number of benzene rings is 1. The predicted molar refractivity (Wildman–Crippen MR) is 80.9 cm³/mol. The van der Waals surface area contributed by atoms with Crippen molar-refractivity contribution in [3.63, 3.8) is 0 Å². The maximum absolute atomic E-state index is 6.30. The van der Waals surface area contributed by atoms with Crippen LogP contribution in [0.1, 0.15) is 31.2 Å². The SMILES string of the molecule is Cc1cc(Cl)c2ccc3ccc(C(C)C)nc3c2n1. The molecule has 19 heavy (non-hydrogen) atoms. The number of aryl methyl sites for hydroxylation is 1. The zero-order chi connectivity index (χ0) is 13.6. The first-order chi connectivity index (χ1) is 9.06. The molecule has 2 nitrogen and oxygen atoms in total. The van der Waals surface area contributed by atoms with Gasteiger partial charge in [-0.25, -0.2) is 0 Å². The van der Waals surface area contributed by atoms with E-state index in [-0.39, 0.29) is 0 Å². The molecule has 0 aliphatic heterocycles. The van der Waals surface area contributed by atoms with E-state index in [9.17, 15) is 0 Å². The molecule has 0 amide bonds. The minimum atomic E-state index is 0.403. The summed E-state index contributed by atoms with van der Waals surface area (Å²) in [6.07, 6.45) is 0. The van der Waals surface area contributed by atoms with E-state index in [0.29, 0.717) is 5.92 Å². The molecule has 3 aromatic rings. The number of halogens is 1. The lowest BCUT2D eigenvalue weighted by Gasteiger charge is -2.09. The van der Waals surface area contributed by atoms with Crippen LogP contribution in [0.2, 0.25) is 5.02 Å². The molecular weight excluding hydrogens is 256 g/mol. The van der Waals surface area contributed by atoms with E-state index in [1.165, 1.54) is 0 Å². The number of aromatic nitrogens is 2.